The molecule has 0 aromatic heterocycles. The van der Waals surface area contributed by atoms with Crippen LogP contribution in [-0.4, -0.2) is 7.11 Å². The second-order valence-electron chi connectivity index (χ2n) is 3.03. The summed E-state index contributed by atoms with van der Waals surface area (Å²) in [4.78, 5) is 0. The van der Waals surface area contributed by atoms with E-state index in [2.05, 4.69) is 13.0 Å². The van der Waals surface area contributed by atoms with Gasteiger partial charge in [0.25, 0.3) is 0 Å². The monoisotopic (exact) mass is 198 g/mol. The molecule has 0 amide bonds. The third kappa shape index (κ3) is 2.63. The molecule has 0 unspecified atom stereocenters. The summed E-state index contributed by atoms with van der Waals surface area (Å²) in [7, 11) is 1.70. The first-order valence-electron chi connectivity index (χ1n) is 4.53. The van der Waals surface area contributed by atoms with Crippen LogP contribution in [0.5, 0.6) is 5.75 Å². The quantitative estimate of drug-likeness (QED) is 0.674. The van der Waals surface area contributed by atoms with Crippen LogP contribution in [0.2, 0.25) is 0 Å². The van der Waals surface area contributed by atoms with E-state index in [0.717, 1.165) is 24.2 Å². The number of aryl methyl sites for hydroxylation is 1. The summed E-state index contributed by atoms with van der Waals surface area (Å²) in [6.07, 6.45) is 2.18. The number of benzene rings is 1. The predicted molar refractivity (Wildman–Crippen MR) is 56.5 cm³/mol. The second-order valence-corrected chi connectivity index (χ2v) is 3.30. The van der Waals surface area contributed by atoms with Gasteiger partial charge in [-0.05, 0) is 23.6 Å². The van der Waals surface area contributed by atoms with E-state index in [-0.39, 0.29) is 0 Å². The van der Waals surface area contributed by atoms with Crippen LogP contribution in [0.25, 0.3) is 0 Å². The van der Waals surface area contributed by atoms with Gasteiger partial charge in [0.1, 0.15) is 5.75 Å². The number of hydrogen-bond donors (Lipinski definition) is 0. The van der Waals surface area contributed by atoms with Gasteiger partial charge < -0.3 is 4.74 Å². The largest absolute Gasteiger partial charge is 0.496 e. The summed E-state index contributed by atoms with van der Waals surface area (Å²) >= 11 is 5.75. The van der Waals surface area contributed by atoms with Crippen LogP contribution in [0.15, 0.2) is 18.2 Å². The molecular formula is C11H15ClO. The molecule has 0 saturated carbocycles. The molecule has 0 spiro atoms. The standard InChI is InChI=1S/C11H15ClO/c1-3-4-10-7-9(8-12)5-6-11(10)13-2/h5-7H,3-4,8H2,1-2H3. The molecule has 0 atom stereocenters. The Morgan fingerprint density at radius 2 is 2.15 bits per heavy atom. The number of hydrogen-bond acceptors (Lipinski definition) is 1. The maximum absolute atomic E-state index is 5.75. The van der Waals surface area contributed by atoms with Crippen molar-refractivity contribution in [3.63, 3.8) is 0 Å². The second kappa shape index (κ2) is 5.13. The number of methoxy groups -OCH3 is 1. The number of alkyl halides is 1. The van der Waals surface area contributed by atoms with Crippen molar-refractivity contribution in [2.24, 2.45) is 0 Å². The molecule has 0 N–H and O–H groups in total. The summed E-state index contributed by atoms with van der Waals surface area (Å²) < 4.78 is 5.25. The molecular weight excluding hydrogens is 184 g/mol. The van der Waals surface area contributed by atoms with E-state index < -0.39 is 0 Å². The van der Waals surface area contributed by atoms with E-state index in [1.165, 1.54) is 5.56 Å². The molecule has 0 aliphatic carbocycles. The lowest BCUT2D eigenvalue weighted by atomic mass is 10.1. The number of halogens is 1. The molecule has 72 valence electrons. The average molecular weight is 199 g/mol. The van der Waals surface area contributed by atoms with Gasteiger partial charge in [0.05, 0.1) is 7.11 Å². The molecule has 1 aromatic rings. The third-order valence-electron chi connectivity index (χ3n) is 2.02. The molecule has 1 aromatic carbocycles. The molecule has 0 aliphatic rings. The van der Waals surface area contributed by atoms with E-state index in [0.29, 0.717) is 5.88 Å². The van der Waals surface area contributed by atoms with E-state index in [9.17, 15) is 0 Å². The zero-order valence-corrected chi connectivity index (χ0v) is 8.90. The van der Waals surface area contributed by atoms with Gasteiger partial charge in [-0.25, -0.2) is 0 Å². The summed E-state index contributed by atoms with van der Waals surface area (Å²) in [5, 5.41) is 0. The van der Waals surface area contributed by atoms with Gasteiger partial charge in [0.15, 0.2) is 0 Å². The van der Waals surface area contributed by atoms with Gasteiger partial charge in [-0.1, -0.05) is 25.5 Å². The fourth-order valence-corrected chi connectivity index (χ4v) is 1.55. The molecule has 1 rings (SSSR count). The topological polar surface area (TPSA) is 9.23 Å². The summed E-state index contributed by atoms with van der Waals surface area (Å²) in [6, 6.07) is 6.11. The maximum Gasteiger partial charge on any atom is 0.122 e. The minimum Gasteiger partial charge on any atom is -0.496 e. The van der Waals surface area contributed by atoms with E-state index in [1.54, 1.807) is 7.11 Å². The summed E-state index contributed by atoms with van der Waals surface area (Å²) in [5.74, 6) is 1.54. The van der Waals surface area contributed by atoms with Crippen molar-refractivity contribution in [2.45, 2.75) is 25.6 Å². The normalized spacial score (nSPS) is 10.1. The molecule has 0 saturated heterocycles. The molecule has 1 nitrogen and oxygen atoms in total. The van der Waals surface area contributed by atoms with Crippen LogP contribution >= 0.6 is 11.6 Å². The van der Waals surface area contributed by atoms with Crippen molar-refractivity contribution in [1.82, 2.24) is 0 Å². The number of ether oxygens (including phenoxy) is 1. The third-order valence-corrected chi connectivity index (χ3v) is 2.33. The van der Waals surface area contributed by atoms with E-state index in [4.69, 9.17) is 16.3 Å². The van der Waals surface area contributed by atoms with Crippen LogP contribution in [-0.2, 0) is 12.3 Å². The fraction of sp³-hybridized carbons (Fsp3) is 0.455. The Morgan fingerprint density at radius 3 is 2.69 bits per heavy atom. The molecule has 0 radical (unpaired) electrons. The van der Waals surface area contributed by atoms with Gasteiger partial charge in [0.2, 0.25) is 0 Å². The van der Waals surface area contributed by atoms with Crippen LogP contribution in [0, 0.1) is 0 Å². The van der Waals surface area contributed by atoms with E-state index in [1.807, 2.05) is 12.1 Å². The van der Waals surface area contributed by atoms with Gasteiger partial charge in [-0.2, -0.15) is 0 Å². The van der Waals surface area contributed by atoms with Crippen molar-refractivity contribution >= 4 is 11.6 Å². The smallest absolute Gasteiger partial charge is 0.122 e. The van der Waals surface area contributed by atoms with Gasteiger partial charge >= 0.3 is 0 Å². The van der Waals surface area contributed by atoms with Crippen molar-refractivity contribution in [1.29, 1.82) is 0 Å². The minimum atomic E-state index is 0.570. The molecule has 2 heteroatoms. The summed E-state index contributed by atoms with van der Waals surface area (Å²) in [5.41, 5.74) is 2.41. The van der Waals surface area contributed by atoms with Crippen molar-refractivity contribution < 1.29 is 4.74 Å². The first-order valence-corrected chi connectivity index (χ1v) is 5.07. The van der Waals surface area contributed by atoms with Crippen molar-refractivity contribution in [3.05, 3.63) is 29.3 Å². The molecule has 0 fully saturated rings. The van der Waals surface area contributed by atoms with Gasteiger partial charge in [-0.3, -0.25) is 0 Å². The fourth-order valence-electron chi connectivity index (χ4n) is 1.38. The van der Waals surface area contributed by atoms with Crippen molar-refractivity contribution in [3.8, 4) is 5.75 Å². The van der Waals surface area contributed by atoms with Crippen LogP contribution in [0.3, 0.4) is 0 Å². The zero-order valence-electron chi connectivity index (χ0n) is 8.14. The first-order chi connectivity index (χ1) is 6.31. The Hall–Kier alpha value is -0.690. The van der Waals surface area contributed by atoms with Crippen LogP contribution in [0.4, 0.5) is 0 Å². The van der Waals surface area contributed by atoms with Gasteiger partial charge in [0, 0.05) is 5.88 Å². The molecule has 0 aliphatic heterocycles. The first kappa shape index (κ1) is 10.4. The molecule has 0 bridgehead atoms. The molecule has 0 heterocycles. The Labute approximate surface area is 84.7 Å². The Balaban J connectivity index is 2.95. The summed E-state index contributed by atoms with van der Waals surface area (Å²) in [6.45, 7) is 2.16. The highest BCUT2D eigenvalue weighted by Gasteiger charge is 2.02. The van der Waals surface area contributed by atoms with Crippen LogP contribution < -0.4 is 4.74 Å². The lowest BCUT2D eigenvalue weighted by Crippen LogP contribution is -1.93. The Kier molecular flexibility index (Phi) is 4.10. The van der Waals surface area contributed by atoms with E-state index >= 15 is 0 Å². The minimum absolute atomic E-state index is 0.570. The SMILES string of the molecule is CCCc1cc(CCl)ccc1OC. The zero-order chi connectivity index (χ0) is 9.68. The lowest BCUT2D eigenvalue weighted by Gasteiger charge is -2.08. The number of rotatable bonds is 4. The van der Waals surface area contributed by atoms with Crippen LogP contribution in [0.1, 0.15) is 24.5 Å². The lowest BCUT2D eigenvalue weighted by molar-refractivity contribution is 0.409. The predicted octanol–water partition coefficient (Wildman–Crippen LogP) is 3.39. The highest BCUT2D eigenvalue weighted by atomic mass is 35.5. The Bertz CT molecular complexity index is 271. The maximum atomic E-state index is 5.75. The Morgan fingerprint density at radius 1 is 1.38 bits per heavy atom. The average Bonchev–Trinajstić information content (AvgIpc) is 2.18. The highest BCUT2D eigenvalue weighted by molar-refractivity contribution is 6.17. The van der Waals surface area contributed by atoms with Crippen molar-refractivity contribution in [2.75, 3.05) is 7.11 Å². The van der Waals surface area contributed by atoms with Gasteiger partial charge in [-0.15, -0.1) is 11.6 Å². The molecule has 13 heavy (non-hydrogen) atoms. The highest BCUT2D eigenvalue weighted by Crippen LogP contribution is 2.21.